The number of anilines is 4. The van der Waals surface area contributed by atoms with Gasteiger partial charge in [-0.1, -0.05) is 11.6 Å². The van der Waals surface area contributed by atoms with Gasteiger partial charge in [-0.25, -0.2) is 15.0 Å². The second-order valence-electron chi connectivity index (χ2n) is 8.75. The third-order valence-electron chi connectivity index (χ3n) is 6.19. The lowest BCUT2D eigenvalue weighted by Crippen LogP contribution is -2.36. The number of nitrogens with two attached hydrogens (primary N) is 1. The van der Waals surface area contributed by atoms with Gasteiger partial charge in [-0.15, -0.1) is 0 Å². The molecule has 2 fully saturated rings. The minimum absolute atomic E-state index is 0.0283. The van der Waals surface area contributed by atoms with Gasteiger partial charge in [0.2, 0.25) is 11.5 Å². The van der Waals surface area contributed by atoms with E-state index >= 15 is 0 Å². The highest BCUT2D eigenvalue weighted by Gasteiger charge is 2.27. The second-order valence-corrected chi connectivity index (χ2v) is 9.15. The molecule has 4 N–H and O–H groups in total. The van der Waals surface area contributed by atoms with Crippen LogP contribution in [0.1, 0.15) is 16.9 Å². The zero-order valence-corrected chi connectivity index (χ0v) is 20.3. The highest BCUT2D eigenvalue weighted by Crippen LogP contribution is 2.33. The number of ether oxygens (including phenoxy) is 1. The number of nitrogens with one attached hydrogen (secondary N) is 1. The Balaban J connectivity index is 1.32. The lowest BCUT2D eigenvalue weighted by atomic mass is 10.2. The van der Waals surface area contributed by atoms with E-state index < -0.39 is 12.0 Å². The van der Waals surface area contributed by atoms with E-state index in [1.165, 1.54) is 18.5 Å². The van der Waals surface area contributed by atoms with Crippen LogP contribution in [0, 0.1) is 0 Å². The highest BCUT2D eigenvalue weighted by molar-refractivity contribution is 6.33. The second kappa shape index (κ2) is 9.50. The molecule has 0 aromatic carbocycles. The first-order chi connectivity index (χ1) is 17.9. The zero-order chi connectivity index (χ0) is 25.5. The number of carbonyl (C=O) groups excluding carboxylic acids is 1. The smallest absolute Gasteiger partial charge is 0.300 e. The van der Waals surface area contributed by atoms with Gasteiger partial charge in [0.05, 0.1) is 35.6 Å². The summed E-state index contributed by atoms with van der Waals surface area (Å²) in [5, 5.41) is 13.2. The zero-order valence-electron chi connectivity index (χ0n) is 19.6. The van der Waals surface area contributed by atoms with Crippen LogP contribution >= 0.6 is 11.6 Å². The molecule has 2 saturated heterocycles. The van der Waals surface area contributed by atoms with Gasteiger partial charge in [0.25, 0.3) is 11.9 Å². The van der Waals surface area contributed by atoms with E-state index in [2.05, 4.69) is 25.3 Å². The van der Waals surface area contributed by atoms with Gasteiger partial charge in [-0.2, -0.15) is 4.98 Å². The molecule has 6 heterocycles. The van der Waals surface area contributed by atoms with Crippen molar-refractivity contribution in [3.63, 3.8) is 0 Å². The predicted molar refractivity (Wildman–Crippen MR) is 135 cm³/mol. The molecule has 4 aromatic rings. The normalized spacial score (nSPS) is 18.1. The fourth-order valence-corrected chi connectivity index (χ4v) is 4.49. The van der Waals surface area contributed by atoms with Crippen LogP contribution in [0.15, 0.2) is 33.4 Å². The molecular formula is C23H23ClN8O5. The SMILES string of the molecule is Nc1cc(-c2nc(C(=O)Nc3cc4oc(N5CCOCC5)nc4nc3N3CC[C@@H](O)C3)co2)c(Cl)cn1. The number of oxazole rings is 2. The fourth-order valence-electron chi connectivity index (χ4n) is 4.31. The van der Waals surface area contributed by atoms with Crippen molar-refractivity contribution >= 4 is 52.1 Å². The quantitative estimate of drug-likeness (QED) is 0.347. The summed E-state index contributed by atoms with van der Waals surface area (Å²) >= 11 is 6.19. The Kier molecular flexibility index (Phi) is 6.02. The van der Waals surface area contributed by atoms with Crippen LogP contribution < -0.4 is 20.9 Å². The molecule has 0 saturated carbocycles. The summed E-state index contributed by atoms with van der Waals surface area (Å²) in [6.07, 6.45) is 2.72. The maximum atomic E-state index is 13.2. The Morgan fingerprint density at radius 3 is 2.78 bits per heavy atom. The van der Waals surface area contributed by atoms with Crippen LogP contribution in [-0.4, -0.2) is 76.4 Å². The Morgan fingerprint density at radius 1 is 1.16 bits per heavy atom. The first-order valence-electron chi connectivity index (χ1n) is 11.7. The molecule has 2 aliphatic rings. The van der Waals surface area contributed by atoms with Gasteiger partial charge in [-0.3, -0.25) is 4.79 Å². The summed E-state index contributed by atoms with van der Waals surface area (Å²) in [7, 11) is 0. The van der Waals surface area contributed by atoms with Crippen LogP contribution in [0.4, 0.5) is 23.3 Å². The number of rotatable bonds is 5. The van der Waals surface area contributed by atoms with Gasteiger partial charge in [0, 0.05) is 38.4 Å². The number of pyridine rings is 2. The molecule has 192 valence electrons. The molecule has 0 spiro atoms. The number of hydrogen-bond acceptors (Lipinski definition) is 12. The van der Waals surface area contributed by atoms with E-state index in [0.29, 0.717) is 80.1 Å². The molecule has 14 heteroatoms. The number of morpholine rings is 1. The summed E-state index contributed by atoms with van der Waals surface area (Å²) < 4.78 is 16.9. The lowest BCUT2D eigenvalue weighted by molar-refractivity contribution is 0.102. The molecule has 4 aromatic heterocycles. The number of aliphatic hydroxyl groups is 1. The summed E-state index contributed by atoms with van der Waals surface area (Å²) in [5.41, 5.74) is 7.41. The summed E-state index contributed by atoms with van der Waals surface area (Å²) in [4.78, 5) is 34.5. The number of halogens is 1. The van der Waals surface area contributed by atoms with E-state index in [1.807, 2.05) is 9.80 Å². The Morgan fingerprint density at radius 2 is 2.00 bits per heavy atom. The molecule has 2 aliphatic heterocycles. The molecule has 1 amide bonds. The Hall–Kier alpha value is -3.94. The molecule has 1 atom stereocenters. The molecule has 37 heavy (non-hydrogen) atoms. The van der Waals surface area contributed by atoms with Crippen LogP contribution in [0.25, 0.3) is 22.7 Å². The van der Waals surface area contributed by atoms with Crippen molar-refractivity contribution in [3.8, 4) is 11.5 Å². The maximum absolute atomic E-state index is 13.2. The van der Waals surface area contributed by atoms with Crippen LogP contribution in [0.5, 0.6) is 0 Å². The van der Waals surface area contributed by atoms with Crippen molar-refractivity contribution < 1.29 is 23.5 Å². The predicted octanol–water partition coefficient (Wildman–Crippen LogP) is 2.17. The van der Waals surface area contributed by atoms with Gasteiger partial charge < -0.3 is 39.5 Å². The number of carbonyl (C=O) groups is 1. The van der Waals surface area contributed by atoms with E-state index in [1.54, 1.807) is 6.07 Å². The van der Waals surface area contributed by atoms with Gasteiger partial charge in [0.15, 0.2) is 17.1 Å². The van der Waals surface area contributed by atoms with E-state index in [9.17, 15) is 9.90 Å². The minimum Gasteiger partial charge on any atom is -0.444 e. The van der Waals surface area contributed by atoms with Crippen molar-refractivity contribution in [1.29, 1.82) is 0 Å². The van der Waals surface area contributed by atoms with E-state index in [-0.39, 0.29) is 22.4 Å². The van der Waals surface area contributed by atoms with Crippen molar-refractivity contribution in [3.05, 3.63) is 35.3 Å². The number of aliphatic hydroxyl groups excluding tert-OH is 1. The summed E-state index contributed by atoms with van der Waals surface area (Å²) in [5.74, 6) is 0.325. The summed E-state index contributed by atoms with van der Waals surface area (Å²) in [6.45, 7) is 3.44. The topological polar surface area (TPSA) is 169 Å². The Labute approximate surface area is 215 Å². The standard InChI is InChI=1S/C23H23ClN8O5/c24-14-9-26-18(25)7-13(14)22-28-16(11-36-22)21(34)27-15-8-17-19(29-20(15)32-2-1-12(33)10-32)30-23(37-17)31-3-5-35-6-4-31/h7-9,11-12,33H,1-6,10H2,(H2,25,26)(H,27,34)/t12-/m1/s1. The molecule has 13 nitrogen and oxygen atoms in total. The van der Waals surface area contributed by atoms with Gasteiger partial charge >= 0.3 is 0 Å². The fraction of sp³-hybridized carbons (Fsp3) is 0.348. The molecule has 0 radical (unpaired) electrons. The van der Waals surface area contributed by atoms with Crippen LogP contribution in [-0.2, 0) is 4.74 Å². The monoisotopic (exact) mass is 526 g/mol. The highest BCUT2D eigenvalue weighted by atomic mass is 35.5. The molecule has 0 aliphatic carbocycles. The third kappa shape index (κ3) is 4.63. The van der Waals surface area contributed by atoms with Crippen molar-refractivity contribution in [2.24, 2.45) is 0 Å². The Bertz CT molecular complexity index is 1470. The lowest BCUT2D eigenvalue weighted by Gasteiger charge is -2.24. The number of β-amino-alcohol motifs (C(OH)–C–C–N with tert-alkyl or cyclic N) is 1. The molecule has 0 bridgehead atoms. The van der Waals surface area contributed by atoms with E-state index in [0.717, 1.165) is 0 Å². The number of nitrogen functional groups attached to an aromatic ring is 1. The van der Waals surface area contributed by atoms with Gasteiger partial charge in [0.1, 0.15) is 12.1 Å². The molecular weight excluding hydrogens is 504 g/mol. The number of hydrogen-bond donors (Lipinski definition) is 3. The van der Waals surface area contributed by atoms with Crippen molar-refractivity contribution in [2.75, 3.05) is 60.2 Å². The van der Waals surface area contributed by atoms with Gasteiger partial charge in [-0.05, 0) is 12.5 Å². The third-order valence-corrected chi connectivity index (χ3v) is 6.49. The largest absolute Gasteiger partial charge is 0.444 e. The van der Waals surface area contributed by atoms with E-state index in [4.69, 9.17) is 30.9 Å². The van der Waals surface area contributed by atoms with Crippen molar-refractivity contribution in [2.45, 2.75) is 12.5 Å². The number of aromatic nitrogens is 4. The number of fused-ring (bicyclic) bond motifs is 1. The first kappa shape index (κ1) is 23.5. The average Bonchev–Trinajstić information content (AvgIpc) is 3.65. The number of amides is 1. The number of nitrogens with zero attached hydrogens (tertiary/aromatic N) is 6. The average molecular weight is 527 g/mol. The molecule has 0 unspecified atom stereocenters. The first-order valence-corrected chi connectivity index (χ1v) is 12.1. The molecule has 6 rings (SSSR count). The minimum atomic E-state index is -0.525. The van der Waals surface area contributed by atoms with Crippen LogP contribution in [0.3, 0.4) is 0 Å². The van der Waals surface area contributed by atoms with Crippen molar-refractivity contribution in [1.82, 2.24) is 19.9 Å². The summed E-state index contributed by atoms with van der Waals surface area (Å²) in [6, 6.07) is 3.63. The van der Waals surface area contributed by atoms with Crippen LogP contribution in [0.2, 0.25) is 5.02 Å². The maximum Gasteiger partial charge on any atom is 0.300 e.